The fraction of sp³-hybridized carbons (Fsp3) is 0.571. The Morgan fingerprint density at radius 1 is 1.35 bits per heavy atom. The van der Waals surface area contributed by atoms with Crippen molar-refractivity contribution in [3.05, 3.63) is 30.1 Å². The maximum Gasteiger partial charge on any atom is 0.126 e. The summed E-state index contributed by atoms with van der Waals surface area (Å²) in [6.45, 7) is 0.630. The molecule has 1 fully saturated rings. The monoisotopic (exact) mass is 238 g/mol. The number of hydrogen-bond acceptors (Lipinski definition) is 2. The van der Waals surface area contributed by atoms with Gasteiger partial charge in [0.15, 0.2) is 0 Å². The molecule has 1 N–H and O–H groups in total. The van der Waals surface area contributed by atoms with E-state index in [1.807, 2.05) is 0 Å². The minimum absolute atomic E-state index is 0.153. The second-order valence-electron chi connectivity index (χ2n) is 4.76. The third-order valence-corrected chi connectivity index (χ3v) is 3.56. The molecule has 0 aliphatic heterocycles. The van der Waals surface area contributed by atoms with Crippen molar-refractivity contribution in [2.24, 2.45) is 11.8 Å². The van der Waals surface area contributed by atoms with Crippen molar-refractivity contribution in [1.82, 2.24) is 0 Å². The number of aliphatic hydroxyl groups is 1. The zero-order valence-corrected chi connectivity index (χ0v) is 9.94. The highest BCUT2D eigenvalue weighted by Crippen LogP contribution is 2.31. The zero-order chi connectivity index (χ0) is 12.1. The fourth-order valence-electron chi connectivity index (χ4n) is 2.53. The Hall–Kier alpha value is -1.09. The Balaban J connectivity index is 1.87. The molecule has 2 nitrogen and oxygen atoms in total. The third kappa shape index (κ3) is 3.43. The van der Waals surface area contributed by atoms with E-state index in [1.165, 1.54) is 37.8 Å². The van der Waals surface area contributed by atoms with Crippen LogP contribution in [-0.2, 0) is 0 Å². The topological polar surface area (TPSA) is 29.5 Å². The number of rotatable bonds is 5. The van der Waals surface area contributed by atoms with Crippen LogP contribution in [0.1, 0.15) is 25.7 Å². The minimum atomic E-state index is -0.288. The Labute approximate surface area is 101 Å². The van der Waals surface area contributed by atoms with Crippen molar-refractivity contribution in [2.75, 3.05) is 13.2 Å². The zero-order valence-electron chi connectivity index (χ0n) is 9.94. The molecule has 94 valence electrons. The third-order valence-electron chi connectivity index (χ3n) is 3.56. The SMILES string of the molecule is OCC(COc1cccc(F)c1)C1CCCC1. The molecule has 0 spiro atoms. The number of ether oxygens (including phenoxy) is 1. The van der Waals surface area contributed by atoms with E-state index in [9.17, 15) is 9.50 Å². The molecular weight excluding hydrogens is 219 g/mol. The summed E-state index contributed by atoms with van der Waals surface area (Å²) in [5, 5.41) is 9.36. The number of benzene rings is 1. The Bertz CT molecular complexity index is 348. The summed E-state index contributed by atoms with van der Waals surface area (Å²) in [5.74, 6) is 1.000. The van der Waals surface area contributed by atoms with Crippen molar-refractivity contribution in [2.45, 2.75) is 25.7 Å². The lowest BCUT2D eigenvalue weighted by molar-refractivity contribution is 0.119. The largest absolute Gasteiger partial charge is 0.493 e. The standard InChI is InChI=1S/C14H19FO2/c15-13-6-3-7-14(8-13)17-10-12(9-16)11-4-1-2-5-11/h3,6-8,11-12,16H,1-2,4-5,9-10H2. The van der Waals surface area contributed by atoms with E-state index in [0.717, 1.165) is 0 Å². The molecule has 1 saturated carbocycles. The van der Waals surface area contributed by atoms with Gasteiger partial charge in [-0.1, -0.05) is 18.9 Å². The van der Waals surface area contributed by atoms with Crippen molar-refractivity contribution >= 4 is 0 Å². The smallest absolute Gasteiger partial charge is 0.126 e. The summed E-state index contributed by atoms with van der Waals surface area (Å²) in [5.41, 5.74) is 0. The fourth-order valence-corrected chi connectivity index (χ4v) is 2.53. The lowest BCUT2D eigenvalue weighted by Crippen LogP contribution is -2.23. The van der Waals surface area contributed by atoms with E-state index in [2.05, 4.69) is 0 Å². The maximum atomic E-state index is 12.9. The lowest BCUT2D eigenvalue weighted by Gasteiger charge is -2.21. The summed E-state index contributed by atoms with van der Waals surface area (Å²) < 4.78 is 18.5. The molecule has 1 unspecified atom stereocenters. The summed E-state index contributed by atoms with van der Waals surface area (Å²) >= 11 is 0. The van der Waals surface area contributed by atoms with Gasteiger partial charge in [0.05, 0.1) is 6.61 Å². The summed E-state index contributed by atoms with van der Waals surface area (Å²) in [6, 6.07) is 6.15. The molecule has 0 saturated heterocycles. The summed E-state index contributed by atoms with van der Waals surface area (Å²) in [4.78, 5) is 0. The van der Waals surface area contributed by atoms with Gasteiger partial charge in [0.25, 0.3) is 0 Å². The molecule has 1 aromatic carbocycles. The number of hydrogen-bond donors (Lipinski definition) is 1. The van der Waals surface area contributed by atoms with Gasteiger partial charge in [0.2, 0.25) is 0 Å². The van der Waals surface area contributed by atoms with E-state index >= 15 is 0 Å². The van der Waals surface area contributed by atoms with Crippen LogP contribution in [0.3, 0.4) is 0 Å². The summed E-state index contributed by atoms with van der Waals surface area (Å²) in [7, 11) is 0. The van der Waals surface area contributed by atoms with Gasteiger partial charge in [-0.05, 0) is 30.9 Å². The first-order valence-electron chi connectivity index (χ1n) is 6.29. The van der Waals surface area contributed by atoms with Gasteiger partial charge >= 0.3 is 0 Å². The van der Waals surface area contributed by atoms with E-state index < -0.39 is 0 Å². The van der Waals surface area contributed by atoms with Gasteiger partial charge in [0, 0.05) is 18.6 Å². The highest BCUT2D eigenvalue weighted by atomic mass is 19.1. The normalized spacial score (nSPS) is 18.2. The Kier molecular flexibility index (Phi) is 4.37. The van der Waals surface area contributed by atoms with Crippen LogP contribution in [0.25, 0.3) is 0 Å². The maximum absolute atomic E-state index is 12.9. The molecule has 1 atom stereocenters. The first-order chi connectivity index (χ1) is 8.29. The predicted molar refractivity (Wildman–Crippen MR) is 64.4 cm³/mol. The lowest BCUT2D eigenvalue weighted by atomic mass is 9.92. The van der Waals surface area contributed by atoms with Crippen molar-refractivity contribution in [3.8, 4) is 5.75 Å². The summed E-state index contributed by atoms with van der Waals surface area (Å²) in [6.07, 6.45) is 4.86. The van der Waals surface area contributed by atoms with Crippen molar-refractivity contribution < 1.29 is 14.2 Å². The molecule has 0 aromatic heterocycles. The van der Waals surface area contributed by atoms with Crippen LogP contribution in [0.4, 0.5) is 4.39 Å². The van der Waals surface area contributed by atoms with E-state index in [0.29, 0.717) is 18.3 Å². The molecule has 0 radical (unpaired) electrons. The molecule has 0 amide bonds. The molecule has 1 aliphatic carbocycles. The number of aliphatic hydroxyl groups excluding tert-OH is 1. The molecule has 17 heavy (non-hydrogen) atoms. The molecular formula is C14H19FO2. The molecule has 1 aromatic rings. The van der Waals surface area contributed by atoms with E-state index in [-0.39, 0.29) is 18.3 Å². The van der Waals surface area contributed by atoms with Crippen LogP contribution in [-0.4, -0.2) is 18.3 Å². The van der Waals surface area contributed by atoms with Crippen LogP contribution in [0, 0.1) is 17.7 Å². The van der Waals surface area contributed by atoms with Crippen LogP contribution >= 0.6 is 0 Å². The van der Waals surface area contributed by atoms with Gasteiger partial charge in [-0.3, -0.25) is 0 Å². The van der Waals surface area contributed by atoms with Gasteiger partial charge in [0.1, 0.15) is 11.6 Å². The Morgan fingerprint density at radius 2 is 2.12 bits per heavy atom. The molecule has 2 rings (SSSR count). The second kappa shape index (κ2) is 6.01. The molecule has 0 bridgehead atoms. The Morgan fingerprint density at radius 3 is 2.76 bits per heavy atom. The van der Waals surface area contributed by atoms with Gasteiger partial charge in [-0.2, -0.15) is 0 Å². The van der Waals surface area contributed by atoms with E-state index in [1.54, 1.807) is 12.1 Å². The van der Waals surface area contributed by atoms with Crippen LogP contribution in [0.2, 0.25) is 0 Å². The quantitative estimate of drug-likeness (QED) is 0.854. The van der Waals surface area contributed by atoms with Gasteiger partial charge in [-0.15, -0.1) is 0 Å². The first kappa shape index (κ1) is 12.4. The predicted octanol–water partition coefficient (Wildman–Crippen LogP) is 3.00. The van der Waals surface area contributed by atoms with E-state index in [4.69, 9.17) is 4.74 Å². The minimum Gasteiger partial charge on any atom is -0.493 e. The van der Waals surface area contributed by atoms with Gasteiger partial charge < -0.3 is 9.84 Å². The van der Waals surface area contributed by atoms with Crippen LogP contribution in [0.15, 0.2) is 24.3 Å². The van der Waals surface area contributed by atoms with Crippen molar-refractivity contribution in [1.29, 1.82) is 0 Å². The molecule has 0 heterocycles. The van der Waals surface area contributed by atoms with Crippen LogP contribution in [0.5, 0.6) is 5.75 Å². The average Bonchev–Trinajstić information content (AvgIpc) is 2.84. The van der Waals surface area contributed by atoms with Crippen LogP contribution < -0.4 is 4.74 Å². The average molecular weight is 238 g/mol. The highest BCUT2D eigenvalue weighted by molar-refractivity contribution is 5.22. The second-order valence-corrected chi connectivity index (χ2v) is 4.76. The number of halogens is 1. The van der Waals surface area contributed by atoms with Gasteiger partial charge in [-0.25, -0.2) is 4.39 Å². The highest BCUT2D eigenvalue weighted by Gasteiger charge is 2.24. The van der Waals surface area contributed by atoms with Crippen molar-refractivity contribution in [3.63, 3.8) is 0 Å². The first-order valence-corrected chi connectivity index (χ1v) is 6.29. The molecule has 3 heteroatoms. The molecule has 1 aliphatic rings.